The second-order valence-electron chi connectivity index (χ2n) is 3.47. The van der Waals surface area contributed by atoms with Crippen LogP contribution in [0.5, 0.6) is 0 Å². The average Bonchev–Trinajstić information content (AvgIpc) is 2.16. The first-order valence-corrected chi connectivity index (χ1v) is 6.64. The van der Waals surface area contributed by atoms with Gasteiger partial charge in [-0.2, -0.15) is 0 Å². The molecule has 0 unspecified atom stereocenters. The van der Waals surface area contributed by atoms with Gasteiger partial charge < -0.3 is 4.57 Å². The van der Waals surface area contributed by atoms with Crippen molar-refractivity contribution in [2.45, 2.75) is 20.4 Å². The molecule has 0 amide bonds. The molecular formula is C10H15NO3S. The van der Waals surface area contributed by atoms with Crippen molar-refractivity contribution in [2.75, 3.05) is 11.5 Å². The quantitative estimate of drug-likeness (QED) is 0.759. The molecule has 0 aliphatic carbocycles. The minimum Gasteiger partial charge on any atom is -0.315 e. The molecule has 1 aromatic rings. The minimum atomic E-state index is -3.00. The van der Waals surface area contributed by atoms with Gasteiger partial charge in [-0.3, -0.25) is 4.79 Å². The zero-order valence-corrected chi connectivity index (χ0v) is 9.75. The van der Waals surface area contributed by atoms with Crippen LogP contribution < -0.4 is 5.56 Å². The van der Waals surface area contributed by atoms with Crippen molar-refractivity contribution in [3.63, 3.8) is 0 Å². The van der Waals surface area contributed by atoms with Crippen LogP contribution in [0.1, 0.15) is 12.5 Å². The molecule has 0 radical (unpaired) electrons. The van der Waals surface area contributed by atoms with Gasteiger partial charge >= 0.3 is 0 Å². The lowest BCUT2D eigenvalue weighted by Gasteiger charge is -2.05. The zero-order valence-electron chi connectivity index (χ0n) is 8.93. The van der Waals surface area contributed by atoms with Crippen LogP contribution in [0.2, 0.25) is 0 Å². The first-order valence-electron chi connectivity index (χ1n) is 4.82. The summed E-state index contributed by atoms with van der Waals surface area (Å²) in [6.45, 7) is 3.66. The second kappa shape index (κ2) is 4.61. The third-order valence-corrected chi connectivity index (χ3v) is 3.92. The van der Waals surface area contributed by atoms with Crippen LogP contribution in [0.25, 0.3) is 0 Å². The summed E-state index contributed by atoms with van der Waals surface area (Å²) < 4.78 is 23.9. The lowest BCUT2D eigenvalue weighted by molar-refractivity contribution is 0.588. The highest BCUT2D eigenvalue weighted by Crippen LogP contribution is 1.94. The third-order valence-electron chi connectivity index (χ3n) is 2.23. The molecule has 0 bridgehead atoms. The summed E-state index contributed by atoms with van der Waals surface area (Å²) >= 11 is 0. The molecule has 0 fully saturated rings. The highest BCUT2D eigenvalue weighted by Gasteiger charge is 2.07. The van der Waals surface area contributed by atoms with Crippen LogP contribution in [0, 0.1) is 6.92 Å². The summed E-state index contributed by atoms with van der Waals surface area (Å²) in [5.74, 6) is 0.139. The Labute approximate surface area is 89.5 Å². The van der Waals surface area contributed by atoms with Crippen molar-refractivity contribution >= 4 is 9.84 Å². The third kappa shape index (κ3) is 3.51. The molecule has 0 saturated heterocycles. The predicted molar refractivity (Wildman–Crippen MR) is 59.8 cm³/mol. The Hall–Kier alpha value is -1.10. The summed E-state index contributed by atoms with van der Waals surface area (Å²) in [5, 5.41) is 0. The molecule has 1 heterocycles. The number of hydrogen-bond acceptors (Lipinski definition) is 3. The van der Waals surface area contributed by atoms with E-state index in [1.807, 2.05) is 6.92 Å². The van der Waals surface area contributed by atoms with Crippen LogP contribution in [-0.2, 0) is 16.4 Å². The van der Waals surface area contributed by atoms with Gasteiger partial charge in [-0.15, -0.1) is 0 Å². The van der Waals surface area contributed by atoms with Gasteiger partial charge in [0.2, 0.25) is 0 Å². The Kier molecular flexibility index (Phi) is 3.68. The number of aromatic nitrogens is 1. The van der Waals surface area contributed by atoms with Gasteiger partial charge in [0.15, 0.2) is 9.84 Å². The van der Waals surface area contributed by atoms with Gasteiger partial charge in [-0.05, 0) is 18.6 Å². The van der Waals surface area contributed by atoms with E-state index in [0.29, 0.717) is 0 Å². The summed E-state index contributed by atoms with van der Waals surface area (Å²) in [6, 6.07) is 3.29. The molecule has 1 aromatic heterocycles. The summed E-state index contributed by atoms with van der Waals surface area (Å²) in [7, 11) is -3.00. The van der Waals surface area contributed by atoms with Gasteiger partial charge in [0, 0.05) is 24.6 Å². The molecule has 84 valence electrons. The maximum Gasteiger partial charge on any atom is 0.250 e. The predicted octanol–water partition coefficient (Wildman–Crippen LogP) is 0.591. The minimum absolute atomic E-state index is 0.0203. The number of sulfone groups is 1. The normalized spacial score (nSPS) is 11.6. The van der Waals surface area contributed by atoms with Gasteiger partial charge in [0.05, 0.1) is 5.75 Å². The fourth-order valence-corrected chi connectivity index (χ4v) is 1.94. The van der Waals surface area contributed by atoms with Crippen molar-refractivity contribution in [1.82, 2.24) is 4.57 Å². The van der Waals surface area contributed by atoms with Crippen LogP contribution in [-0.4, -0.2) is 24.5 Å². The van der Waals surface area contributed by atoms with E-state index in [0.717, 1.165) is 5.56 Å². The highest BCUT2D eigenvalue weighted by molar-refractivity contribution is 7.91. The van der Waals surface area contributed by atoms with E-state index in [1.165, 1.54) is 10.6 Å². The molecule has 0 atom stereocenters. The molecule has 0 aromatic carbocycles. The number of pyridine rings is 1. The Balaban J connectivity index is 2.79. The molecule has 0 saturated carbocycles. The maximum absolute atomic E-state index is 11.4. The van der Waals surface area contributed by atoms with Crippen LogP contribution in [0.3, 0.4) is 0 Å². The fraction of sp³-hybridized carbons (Fsp3) is 0.500. The topological polar surface area (TPSA) is 56.1 Å². The molecule has 5 heteroatoms. The lowest BCUT2D eigenvalue weighted by atomic mass is 10.3. The maximum atomic E-state index is 11.4. The van der Waals surface area contributed by atoms with E-state index in [-0.39, 0.29) is 23.6 Å². The SMILES string of the molecule is CCS(=O)(=O)CCn1ccc(C)cc1=O. The van der Waals surface area contributed by atoms with E-state index in [4.69, 9.17) is 0 Å². The molecule has 0 aliphatic heterocycles. The Morgan fingerprint density at radius 2 is 2.07 bits per heavy atom. The zero-order chi connectivity index (χ0) is 11.5. The van der Waals surface area contributed by atoms with Crippen LogP contribution in [0.15, 0.2) is 23.1 Å². The lowest BCUT2D eigenvalue weighted by Crippen LogP contribution is -2.23. The van der Waals surface area contributed by atoms with Crippen LogP contribution in [0.4, 0.5) is 0 Å². The standard InChI is InChI=1S/C10H15NO3S/c1-3-15(13,14)7-6-11-5-4-9(2)8-10(11)12/h4-5,8H,3,6-7H2,1-2H3. The molecule has 1 rings (SSSR count). The smallest absolute Gasteiger partial charge is 0.250 e. The number of nitrogens with zero attached hydrogens (tertiary/aromatic N) is 1. The molecule has 15 heavy (non-hydrogen) atoms. The summed E-state index contributed by atoms with van der Waals surface area (Å²) in [6.07, 6.45) is 1.63. The van der Waals surface area contributed by atoms with E-state index >= 15 is 0 Å². The van der Waals surface area contributed by atoms with Crippen molar-refractivity contribution in [3.8, 4) is 0 Å². The summed E-state index contributed by atoms with van der Waals surface area (Å²) in [5.41, 5.74) is 0.732. The first kappa shape index (κ1) is 12.0. The molecular weight excluding hydrogens is 214 g/mol. The highest BCUT2D eigenvalue weighted by atomic mass is 32.2. The number of rotatable bonds is 4. The van der Waals surface area contributed by atoms with E-state index in [2.05, 4.69) is 0 Å². The first-order chi connectivity index (χ1) is 6.94. The molecule has 4 nitrogen and oxygen atoms in total. The monoisotopic (exact) mass is 229 g/mol. The Bertz CT molecular complexity index is 488. The van der Waals surface area contributed by atoms with Gasteiger partial charge in [-0.25, -0.2) is 8.42 Å². The van der Waals surface area contributed by atoms with Crippen molar-refractivity contribution < 1.29 is 8.42 Å². The van der Waals surface area contributed by atoms with Gasteiger partial charge in [0.1, 0.15) is 0 Å². The largest absolute Gasteiger partial charge is 0.315 e. The van der Waals surface area contributed by atoms with Gasteiger partial charge in [-0.1, -0.05) is 6.92 Å². The van der Waals surface area contributed by atoms with Crippen molar-refractivity contribution in [1.29, 1.82) is 0 Å². The molecule has 0 spiro atoms. The van der Waals surface area contributed by atoms with E-state index in [1.54, 1.807) is 19.2 Å². The number of aryl methyl sites for hydroxylation is 2. The average molecular weight is 229 g/mol. The second-order valence-corrected chi connectivity index (χ2v) is 5.94. The van der Waals surface area contributed by atoms with E-state index < -0.39 is 9.84 Å². The van der Waals surface area contributed by atoms with Gasteiger partial charge in [0.25, 0.3) is 5.56 Å². The summed E-state index contributed by atoms with van der Waals surface area (Å²) in [4.78, 5) is 11.4. The number of hydrogen-bond donors (Lipinski definition) is 0. The Morgan fingerprint density at radius 1 is 1.40 bits per heavy atom. The molecule has 0 aliphatic rings. The van der Waals surface area contributed by atoms with E-state index in [9.17, 15) is 13.2 Å². The van der Waals surface area contributed by atoms with Crippen molar-refractivity contribution in [3.05, 3.63) is 34.2 Å². The Morgan fingerprint density at radius 3 is 2.60 bits per heavy atom. The fourth-order valence-electron chi connectivity index (χ4n) is 1.17. The van der Waals surface area contributed by atoms with Crippen LogP contribution >= 0.6 is 0 Å². The molecule has 0 N–H and O–H groups in total. The van der Waals surface area contributed by atoms with Crippen molar-refractivity contribution in [2.24, 2.45) is 0 Å².